The molecule has 0 aliphatic heterocycles. The first-order valence-electron chi connectivity index (χ1n) is 9.52. The molecule has 1 aliphatic carbocycles. The molecule has 1 aliphatic rings. The lowest BCUT2D eigenvalue weighted by Gasteiger charge is -2.11. The molecule has 0 spiro atoms. The SMILES string of the molecule is CCCCCCNC(=O)CSc1nc2sc3c(c2c(=O)n1C)CCCC3. The van der Waals surface area contributed by atoms with E-state index in [1.807, 2.05) is 0 Å². The van der Waals surface area contributed by atoms with Crippen LogP contribution in [0.3, 0.4) is 0 Å². The highest BCUT2D eigenvalue weighted by Gasteiger charge is 2.21. The van der Waals surface area contributed by atoms with Crippen LogP contribution >= 0.6 is 23.1 Å². The largest absolute Gasteiger partial charge is 0.355 e. The van der Waals surface area contributed by atoms with Crippen molar-refractivity contribution in [2.24, 2.45) is 7.05 Å². The van der Waals surface area contributed by atoms with E-state index in [0.29, 0.717) is 10.9 Å². The fourth-order valence-electron chi connectivity index (χ4n) is 3.36. The van der Waals surface area contributed by atoms with E-state index in [0.717, 1.165) is 48.9 Å². The minimum Gasteiger partial charge on any atom is -0.355 e. The highest BCUT2D eigenvalue weighted by Crippen LogP contribution is 2.34. The number of aromatic nitrogens is 2. The van der Waals surface area contributed by atoms with Crippen LogP contribution in [0.4, 0.5) is 0 Å². The van der Waals surface area contributed by atoms with Gasteiger partial charge in [0.05, 0.1) is 11.1 Å². The third-order valence-corrected chi connectivity index (χ3v) is 7.06. The van der Waals surface area contributed by atoms with Crippen molar-refractivity contribution in [2.45, 2.75) is 63.4 Å². The summed E-state index contributed by atoms with van der Waals surface area (Å²) in [5, 5.41) is 4.38. The zero-order valence-corrected chi connectivity index (χ0v) is 17.2. The first-order chi connectivity index (χ1) is 12.6. The Bertz CT molecular complexity index is 841. The highest BCUT2D eigenvalue weighted by atomic mass is 32.2. The molecule has 142 valence electrons. The van der Waals surface area contributed by atoms with Gasteiger partial charge in [0.2, 0.25) is 5.91 Å². The number of amides is 1. The molecule has 0 fully saturated rings. The van der Waals surface area contributed by atoms with Gasteiger partial charge in [-0.05, 0) is 37.7 Å². The number of fused-ring (bicyclic) bond motifs is 3. The smallest absolute Gasteiger partial charge is 0.262 e. The first kappa shape index (κ1) is 19.4. The summed E-state index contributed by atoms with van der Waals surface area (Å²) >= 11 is 3.00. The van der Waals surface area contributed by atoms with Gasteiger partial charge >= 0.3 is 0 Å². The maximum Gasteiger partial charge on any atom is 0.262 e. The molecule has 0 radical (unpaired) electrons. The summed E-state index contributed by atoms with van der Waals surface area (Å²) in [6, 6.07) is 0. The fraction of sp³-hybridized carbons (Fsp3) is 0.632. The average molecular weight is 394 g/mol. The minimum absolute atomic E-state index is 0.00585. The summed E-state index contributed by atoms with van der Waals surface area (Å²) in [6.45, 7) is 2.90. The van der Waals surface area contributed by atoms with Gasteiger partial charge < -0.3 is 5.32 Å². The molecule has 2 heterocycles. The number of rotatable bonds is 8. The molecule has 0 atom stereocenters. The van der Waals surface area contributed by atoms with E-state index in [9.17, 15) is 9.59 Å². The van der Waals surface area contributed by atoms with E-state index < -0.39 is 0 Å². The van der Waals surface area contributed by atoms with Crippen LogP contribution in [0.25, 0.3) is 10.2 Å². The Morgan fingerprint density at radius 3 is 2.88 bits per heavy atom. The number of carbonyl (C=O) groups is 1. The van der Waals surface area contributed by atoms with E-state index in [1.165, 1.54) is 41.5 Å². The standard InChI is InChI=1S/C19H27N3O2S2/c1-3-4-5-8-11-20-15(23)12-25-19-21-17-16(18(24)22(19)2)13-9-6-7-10-14(13)26-17/h3-12H2,1-2H3,(H,20,23). The molecular formula is C19H27N3O2S2. The van der Waals surface area contributed by atoms with Crippen molar-refractivity contribution in [3.8, 4) is 0 Å². The molecule has 0 aromatic carbocycles. The number of unbranched alkanes of at least 4 members (excludes halogenated alkanes) is 3. The maximum atomic E-state index is 12.8. The maximum absolute atomic E-state index is 12.8. The lowest BCUT2D eigenvalue weighted by molar-refractivity contribution is -0.118. The van der Waals surface area contributed by atoms with Crippen LogP contribution in [0.2, 0.25) is 0 Å². The zero-order valence-electron chi connectivity index (χ0n) is 15.6. The van der Waals surface area contributed by atoms with Gasteiger partial charge in [0.25, 0.3) is 5.56 Å². The Labute approximate surface area is 162 Å². The van der Waals surface area contributed by atoms with E-state index >= 15 is 0 Å². The van der Waals surface area contributed by atoms with Crippen molar-refractivity contribution in [1.29, 1.82) is 0 Å². The molecule has 7 heteroatoms. The number of thioether (sulfide) groups is 1. The van der Waals surface area contributed by atoms with Crippen molar-refractivity contribution in [3.05, 3.63) is 20.8 Å². The van der Waals surface area contributed by atoms with Crippen molar-refractivity contribution in [3.63, 3.8) is 0 Å². The van der Waals surface area contributed by atoms with Crippen molar-refractivity contribution >= 4 is 39.2 Å². The highest BCUT2D eigenvalue weighted by molar-refractivity contribution is 7.99. The Morgan fingerprint density at radius 1 is 1.27 bits per heavy atom. The number of hydrogen-bond donors (Lipinski definition) is 1. The molecule has 0 saturated heterocycles. The molecule has 2 aromatic heterocycles. The van der Waals surface area contributed by atoms with Crippen molar-refractivity contribution in [2.75, 3.05) is 12.3 Å². The van der Waals surface area contributed by atoms with Crippen LogP contribution < -0.4 is 10.9 Å². The lowest BCUT2D eigenvalue weighted by atomic mass is 9.97. The molecule has 1 N–H and O–H groups in total. The summed E-state index contributed by atoms with van der Waals surface area (Å²) < 4.78 is 1.60. The molecular weight excluding hydrogens is 366 g/mol. The van der Waals surface area contributed by atoms with Gasteiger partial charge in [-0.2, -0.15) is 0 Å². The number of aryl methyl sites for hydroxylation is 2. The number of carbonyl (C=O) groups excluding carboxylic acids is 1. The number of thiophene rings is 1. The van der Waals surface area contributed by atoms with Crippen molar-refractivity contribution < 1.29 is 4.79 Å². The normalized spacial score (nSPS) is 13.8. The Morgan fingerprint density at radius 2 is 2.08 bits per heavy atom. The molecule has 1 amide bonds. The average Bonchev–Trinajstić information content (AvgIpc) is 3.01. The number of hydrogen-bond acceptors (Lipinski definition) is 5. The van der Waals surface area contributed by atoms with Crippen LogP contribution in [0.15, 0.2) is 9.95 Å². The molecule has 0 bridgehead atoms. The van der Waals surface area contributed by atoms with Gasteiger partial charge in [0.15, 0.2) is 5.16 Å². The van der Waals surface area contributed by atoms with E-state index in [1.54, 1.807) is 23.0 Å². The lowest BCUT2D eigenvalue weighted by Crippen LogP contribution is -2.27. The minimum atomic E-state index is 0.00585. The summed E-state index contributed by atoms with van der Waals surface area (Å²) in [4.78, 5) is 31.7. The molecule has 0 unspecified atom stereocenters. The number of nitrogens with one attached hydrogen (secondary N) is 1. The number of nitrogens with zero attached hydrogens (tertiary/aromatic N) is 2. The van der Waals surface area contributed by atoms with Gasteiger partial charge in [-0.15, -0.1) is 11.3 Å². The first-order valence-corrected chi connectivity index (χ1v) is 11.3. The quantitative estimate of drug-likeness (QED) is 0.422. The van der Waals surface area contributed by atoms with Crippen LogP contribution in [0.5, 0.6) is 0 Å². The van der Waals surface area contributed by atoms with E-state index in [4.69, 9.17) is 4.98 Å². The molecule has 0 saturated carbocycles. The predicted molar refractivity (Wildman–Crippen MR) is 109 cm³/mol. The molecule has 3 rings (SSSR count). The molecule has 2 aromatic rings. The Hall–Kier alpha value is -1.34. The Balaban J connectivity index is 1.66. The third-order valence-electron chi connectivity index (χ3n) is 4.84. The van der Waals surface area contributed by atoms with Gasteiger partial charge in [-0.3, -0.25) is 14.2 Å². The van der Waals surface area contributed by atoms with Crippen LogP contribution in [0.1, 0.15) is 55.9 Å². The second kappa shape index (κ2) is 9.04. The van der Waals surface area contributed by atoms with Gasteiger partial charge in [0.1, 0.15) is 4.83 Å². The van der Waals surface area contributed by atoms with E-state index in [-0.39, 0.29) is 11.5 Å². The zero-order chi connectivity index (χ0) is 18.5. The van der Waals surface area contributed by atoms with Gasteiger partial charge in [0, 0.05) is 18.5 Å². The fourth-order valence-corrected chi connectivity index (χ4v) is 5.46. The monoisotopic (exact) mass is 393 g/mol. The predicted octanol–water partition coefficient (Wildman–Crippen LogP) is 3.66. The summed E-state index contributed by atoms with van der Waals surface area (Å²) in [6.07, 6.45) is 8.96. The topological polar surface area (TPSA) is 64.0 Å². The van der Waals surface area contributed by atoms with Crippen molar-refractivity contribution in [1.82, 2.24) is 14.9 Å². The third kappa shape index (κ3) is 4.31. The van der Waals surface area contributed by atoms with Gasteiger partial charge in [-0.1, -0.05) is 37.9 Å². The second-order valence-electron chi connectivity index (χ2n) is 6.85. The summed E-state index contributed by atoms with van der Waals surface area (Å²) in [5.74, 6) is 0.302. The van der Waals surface area contributed by atoms with Crippen LogP contribution in [-0.4, -0.2) is 27.8 Å². The summed E-state index contributed by atoms with van der Waals surface area (Å²) in [7, 11) is 1.76. The Kier molecular flexibility index (Phi) is 6.75. The van der Waals surface area contributed by atoms with Crippen LogP contribution in [0, 0.1) is 0 Å². The van der Waals surface area contributed by atoms with Crippen LogP contribution in [-0.2, 0) is 24.7 Å². The summed E-state index contributed by atoms with van der Waals surface area (Å²) in [5.41, 5.74) is 1.24. The van der Waals surface area contributed by atoms with Gasteiger partial charge in [-0.25, -0.2) is 4.98 Å². The molecule has 5 nitrogen and oxygen atoms in total. The second-order valence-corrected chi connectivity index (χ2v) is 8.88. The molecule has 26 heavy (non-hydrogen) atoms. The van der Waals surface area contributed by atoms with E-state index in [2.05, 4.69) is 12.2 Å².